The molecule has 3 nitrogen and oxygen atoms in total. The van der Waals surface area contributed by atoms with Gasteiger partial charge in [0.15, 0.2) is 5.78 Å². The van der Waals surface area contributed by atoms with Gasteiger partial charge in [-0.15, -0.1) is 0 Å². The molecule has 0 atom stereocenters. The van der Waals surface area contributed by atoms with E-state index in [-0.39, 0.29) is 5.78 Å². The van der Waals surface area contributed by atoms with Crippen molar-refractivity contribution in [3.05, 3.63) is 59.4 Å². The standard InChI is InChI=1S/C13H10O3/c1-9-7-11(16-13(9)15)8-12(14)10-5-3-2-4-6-10/h2-8H,1H3. The van der Waals surface area contributed by atoms with Crippen molar-refractivity contribution in [3.8, 4) is 0 Å². The number of allylic oxidation sites excluding steroid dienone is 2. The zero-order valence-corrected chi connectivity index (χ0v) is 8.77. The van der Waals surface area contributed by atoms with Crippen LogP contribution in [0.15, 0.2) is 53.8 Å². The number of rotatable bonds is 2. The van der Waals surface area contributed by atoms with E-state index in [0.717, 1.165) is 0 Å². The second-order valence-electron chi connectivity index (χ2n) is 3.49. The Hall–Kier alpha value is -2.16. The molecule has 0 spiro atoms. The lowest BCUT2D eigenvalue weighted by Gasteiger charge is -1.96. The highest BCUT2D eigenvalue weighted by Crippen LogP contribution is 2.16. The van der Waals surface area contributed by atoms with Gasteiger partial charge in [0.2, 0.25) is 0 Å². The van der Waals surface area contributed by atoms with E-state index in [1.54, 1.807) is 37.3 Å². The van der Waals surface area contributed by atoms with Crippen molar-refractivity contribution in [1.29, 1.82) is 0 Å². The Balaban J connectivity index is 2.21. The molecule has 1 heterocycles. The van der Waals surface area contributed by atoms with E-state index in [0.29, 0.717) is 16.9 Å². The van der Waals surface area contributed by atoms with Crippen molar-refractivity contribution in [2.45, 2.75) is 6.92 Å². The Morgan fingerprint density at radius 1 is 1.25 bits per heavy atom. The lowest BCUT2D eigenvalue weighted by molar-refractivity contribution is -0.133. The third-order valence-electron chi connectivity index (χ3n) is 2.22. The molecule has 80 valence electrons. The fourth-order valence-electron chi connectivity index (χ4n) is 1.38. The van der Waals surface area contributed by atoms with Gasteiger partial charge >= 0.3 is 5.97 Å². The van der Waals surface area contributed by atoms with Gasteiger partial charge in [0.1, 0.15) is 5.76 Å². The Bertz CT molecular complexity index is 495. The molecule has 1 aromatic rings. The maximum Gasteiger partial charge on any atom is 0.339 e. The molecule has 1 aliphatic rings. The summed E-state index contributed by atoms with van der Waals surface area (Å²) < 4.78 is 4.87. The van der Waals surface area contributed by atoms with Crippen molar-refractivity contribution in [3.63, 3.8) is 0 Å². The normalized spacial score (nSPS) is 17.2. The SMILES string of the molecule is CC1=CC(=CC(=O)c2ccccc2)OC1=O. The van der Waals surface area contributed by atoms with Crippen LogP contribution in [0.2, 0.25) is 0 Å². The van der Waals surface area contributed by atoms with Gasteiger partial charge in [0.25, 0.3) is 0 Å². The van der Waals surface area contributed by atoms with Gasteiger partial charge in [0.05, 0.1) is 0 Å². The minimum atomic E-state index is -0.396. The molecule has 1 aromatic carbocycles. The van der Waals surface area contributed by atoms with E-state index in [9.17, 15) is 9.59 Å². The molecule has 1 aliphatic heterocycles. The number of hydrogen-bond donors (Lipinski definition) is 0. The van der Waals surface area contributed by atoms with E-state index in [2.05, 4.69) is 0 Å². The maximum atomic E-state index is 11.7. The topological polar surface area (TPSA) is 43.4 Å². The first kappa shape index (κ1) is 10.4. The van der Waals surface area contributed by atoms with E-state index < -0.39 is 5.97 Å². The molecule has 0 aromatic heterocycles. The number of hydrogen-bond acceptors (Lipinski definition) is 3. The van der Waals surface area contributed by atoms with Crippen LogP contribution in [0.4, 0.5) is 0 Å². The van der Waals surface area contributed by atoms with Crippen molar-refractivity contribution in [1.82, 2.24) is 0 Å². The number of benzene rings is 1. The van der Waals surface area contributed by atoms with Crippen molar-refractivity contribution >= 4 is 11.8 Å². The van der Waals surface area contributed by atoms with Gasteiger partial charge < -0.3 is 4.74 Å². The Labute approximate surface area is 93.0 Å². The summed E-state index contributed by atoms with van der Waals surface area (Å²) in [4.78, 5) is 22.8. The first-order chi connectivity index (χ1) is 7.66. The summed E-state index contributed by atoms with van der Waals surface area (Å²) in [5.41, 5.74) is 1.08. The molecule has 0 bridgehead atoms. The van der Waals surface area contributed by atoms with Crippen LogP contribution in [0.5, 0.6) is 0 Å². The molecule has 2 rings (SSSR count). The molecule has 0 amide bonds. The van der Waals surface area contributed by atoms with E-state index in [4.69, 9.17) is 4.74 Å². The highest BCUT2D eigenvalue weighted by Gasteiger charge is 2.17. The summed E-state index contributed by atoms with van der Waals surface area (Å²) in [7, 11) is 0. The van der Waals surface area contributed by atoms with Crippen molar-refractivity contribution < 1.29 is 14.3 Å². The third-order valence-corrected chi connectivity index (χ3v) is 2.22. The summed E-state index contributed by atoms with van der Waals surface area (Å²) in [6.07, 6.45) is 2.88. The minimum absolute atomic E-state index is 0.172. The Morgan fingerprint density at radius 2 is 1.94 bits per heavy atom. The third kappa shape index (κ3) is 2.08. The highest BCUT2D eigenvalue weighted by molar-refractivity contribution is 6.06. The summed E-state index contributed by atoms with van der Waals surface area (Å²) in [6, 6.07) is 8.84. The summed E-state index contributed by atoms with van der Waals surface area (Å²) in [5.74, 6) is -0.266. The number of ketones is 1. The quantitative estimate of drug-likeness (QED) is 0.431. The molecular formula is C13H10O3. The zero-order valence-electron chi connectivity index (χ0n) is 8.77. The average molecular weight is 214 g/mol. The first-order valence-corrected chi connectivity index (χ1v) is 4.88. The van der Waals surface area contributed by atoms with Crippen LogP contribution in [0, 0.1) is 0 Å². The molecule has 0 saturated heterocycles. The molecule has 0 unspecified atom stereocenters. The fourth-order valence-corrected chi connectivity index (χ4v) is 1.38. The van der Waals surface area contributed by atoms with Crippen LogP contribution in [0.25, 0.3) is 0 Å². The smallest absolute Gasteiger partial charge is 0.339 e. The number of esters is 1. The van der Waals surface area contributed by atoms with Gasteiger partial charge in [-0.25, -0.2) is 4.79 Å². The van der Waals surface area contributed by atoms with Crippen LogP contribution in [-0.4, -0.2) is 11.8 Å². The van der Waals surface area contributed by atoms with Gasteiger partial charge in [-0.1, -0.05) is 30.3 Å². The summed E-state index contributed by atoms with van der Waals surface area (Å²) in [5, 5.41) is 0. The maximum absolute atomic E-state index is 11.7. The first-order valence-electron chi connectivity index (χ1n) is 4.88. The molecule has 0 saturated carbocycles. The largest absolute Gasteiger partial charge is 0.423 e. The average Bonchev–Trinajstić information content (AvgIpc) is 2.59. The van der Waals surface area contributed by atoms with Gasteiger partial charge in [-0.3, -0.25) is 4.79 Å². The number of ether oxygens (including phenoxy) is 1. The monoisotopic (exact) mass is 214 g/mol. The Morgan fingerprint density at radius 3 is 2.50 bits per heavy atom. The van der Waals surface area contributed by atoms with E-state index >= 15 is 0 Å². The highest BCUT2D eigenvalue weighted by atomic mass is 16.5. The van der Waals surface area contributed by atoms with Gasteiger partial charge in [-0.05, 0) is 13.0 Å². The van der Waals surface area contributed by atoms with Crippen LogP contribution in [0.1, 0.15) is 17.3 Å². The van der Waals surface area contributed by atoms with Crippen LogP contribution < -0.4 is 0 Å². The van der Waals surface area contributed by atoms with Crippen molar-refractivity contribution in [2.24, 2.45) is 0 Å². The second-order valence-corrected chi connectivity index (χ2v) is 3.49. The molecule has 0 fully saturated rings. The van der Waals surface area contributed by atoms with Crippen LogP contribution in [0.3, 0.4) is 0 Å². The van der Waals surface area contributed by atoms with E-state index in [1.165, 1.54) is 6.08 Å². The lowest BCUT2D eigenvalue weighted by Crippen LogP contribution is -1.98. The fraction of sp³-hybridized carbons (Fsp3) is 0.0769. The van der Waals surface area contributed by atoms with Gasteiger partial charge in [0, 0.05) is 17.2 Å². The predicted octanol–water partition coefficient (Wildman–Crippen LogP) is 2.26. The molecule has 16 heavy (non-hydrogen) atoms. The Kier molecular flexibility index (Phi) is 2.68. The van der Waals surface area contributed by atoms with E-state index in [1.807, 2.05) is 6.07 Å². The number of carbonyl (C=O) groups excluding carboxylic acids is 2. The molecule has 0 N–H and O–H groups in total. The minimum Gasteiger partial charge on any atom is -0.423 e. The number of carbonyl (C=O) groups is 2. The zero-order chi connectivity index (χ0) is 11.5. The van der Waals surface area contributed by atoms with Crippen LogP contribution >= 0.6 is 0 Å². The molecule has 0 radical (unpaired) electrons. The lowest BCUT2D eigenvalue weighted by atomic mass is 10.1. The molecule has 3 heteroatoms. The van der Waals surface area contributed by atoms with Crippen LogP contribution in [-0.2, 0) is 9.53 Å². The summed E-state index contributed by atoms with van der Waals surface area (Å²) in [6.45, 7) is 1.65. The second kappa shape index (κ2) is 4.14. The summed E-state index contributed by atoms with van der Waals surface area (Å²) >= 11 is 0. The van der Waals surface area contributed by atoms with Gasteiger partial charge in [-0.2, -0.15) is 0 Å². The molecular weight excluding hydrogens is 204 g/mol. The molecule has 0 aliphatic carbocycles. The number of cyclic esters (lactones) is 1. The predicted molar refractivity (Wildman–Crippen MR) is 58.7 cm³/mol. The van der Waals surface area contributed by atoms with Crippen molar-refractivity contribution in [2.75, 3.05) is 0 Å².